The molecule has 12 heteroatoms. The van der Waals surface area contributed by atoms with Crippen LogP contribution in [0.4, 0.5) is 11.5 Å². The number of aromatic nitrogens is 1. The number of aliphatic imine (C=N–C) groups is 2. The number of likely N-dealkylation sites (tertiary alicyclic amines) is 1. The van der Waals surface area contributed by atoms with E-state index in [0.717, 1.165) is 38.0 Å². The van der Waals surface area contributed by atoms with Crippen molar-refractivity contribution in [2.24, 2.45) is 21.6 Å². The summed E-state index contributed by atoms with van der Waals surface area (Å²) in [6.45, 7) is 4.03. The number of guanidine groups is 1. The van der Waals surface area contributed by atoms with Gasteiger partial charge in [0.15, 0.2) is 0 Å². The summed E-state index contributed by atoms with van der Waals surface area (Å²) in [4.78, 5) is 43.7. The average Bonchev–Trinajstić information content (AvgIpc) is 2.89. The van der Waals surface area contributed by atoms with E-state index in [1.807, 2.05) is 18.2 Å². The molecule has 4 rings (SSSR count). The van der Waals surface area contributed by atoms with E-state index in [1.54, 1.807) is 11.1 Å². The number of rotatable bonds is 5. The Morgan fingerprint density at radius 3 is 2.49 bits per heavy atom. The Balaban J connectivity index is 1.46. The number of nitrogens with two attached hydrogens (primary N) is 1. The zero-order chi connectivity index (χ0) is 24.8. The number of carbonyl (C=O) groups is 2. The summed E-state index contributed by atoms with van der Waals surface area (Å²) in [5, 5.41) is 19.7. The molecule has 12 nitrogen and oxygen atoms in total. The lowest BCUT2D eigenvalue weighted by molar-refractivity contribution is -0.130. The first-order valence-corrected chi connectivity index (χ1v) is 11.8. The molecule has 4 heterocycles. The third kappa shape index (κ3) is 5.56. The van der Waals surface area contributed by atoms with Crippen LogP contribution in [0, 0.1) is 22.7 Å². The van der Waals surface area contributed by atoms with Crippen molar-refractivity contribution in [3.8, 4) is 6.07 Å². The molecule has 1 aromatic heterocycles. The molecule has 2 fully saturated rings. The number of nitriles is 1. The van der Waals surface area contributed by atoms with Gasteiger partial charge in [0.25, 0.3) is 0 Å². The number of amidine groups is 1. The first kappa shape index (κ1) is 24.1. The van der Waals surface area contributed by atoms with E-state index in [1.165, 1.54) is 6.42 Å². The molecule has 35 heavy (non-hydrogen) atoms. The van der Waals surface area contributed by atoms with Crippen LogP contribution in [0.1, 0.15) is 25.7 Å². The van der Waals surface area contributed by atoms with E-state index in [0.29, 0.717) is 43.7 Å². The fraction of sp³-hybridized carbons (Fsp3) is 0.522. The van der Waals surface area contributed by atoms with Gasteiger partial charge in [-0.1, -0.05) is 0 Å². The number of nitrogens with zero attached hydrogens (tertiary/aromatic N) is 7. The molecule has 2 unspecified atom stereocenters. The van der Waals surface area contributed by atoms with Gasteiger partial charge in [0.05, 0.1) is 18.0 Å². The van der Waals surface area contributed by atoms with E-state index < -0.39 is 17.9 Å². The first-order chi connectivity index (χ1) is 17.0. The Hall–Kier alpha value is -4.01. The van der Waals surface area contributed by atoms with Gasteiger partial charge in [-0.15, -0.1) is 0 Å². The molecule has 4 N–H and O–H groups in total. The lowest BCUT2D eigenvalue weighted by atomic mass is 9.97. The first-order valence-electron chi connectivity index (χ1n) is 11.8. The topological polar surface area (TPSA) is 167 Å². The zero-order valence-corrected chi connectivity index (χ0v) is 19.6. The number of nitrogens with one attached hydrogen (secondary N) is 2. The van der Waals surface area contributed by atoms with Gasteiger partial charge in [-0.05, 0) is 31.4 Å². The van der Waals surface area contributed by atoms with Crippen LogP contribution in [-0.4, -0.2) is 89.9 Å². The van der Waals surface area contributed by atoms with Crippen LogP contribution in [0.3, 0.4) is 0 Å². The molecule has 2 amide bonds. The van der Waals surface area contributed by atoms with Gasteiger partial charge >= 0.3 is 0 Å². The Morgan fingerprint density at radius 1 is 1.14 bits per heavy atom. The molecule has 3 aliphatic rings. The lowest BCUT2D eigenvalue weighted by Crippen LogP contribution is -2.49. The van der Waals surface area contributed by atoms with Crippen molar-refractivity contribution in [2.75, 3.05) is 49.5 Å². The number of primary amides is 1. The normalized spacial score (nSPS) is 22.5. The van der Waals surface area contributed by atoms with Gasteiger partial charge < -0.3 is 31.2 Å². The monoisotopic (exact) mass is 478 g/mol. The van der Waals surface area contributed by atoms with Gasteiger partial charge in [-0.2, -0.15) is 10.3 Å². The minimum atomic E-state index is -0.861. The third-order valence-corrected chi connectivity index (χ3v) is 6.44. The highest BCUT2D eigenvalue weighted by Gasteiger charge is 2.35. The summed E-state index contributed by atoms with van der Waals surface area (Å²) in [5.74, 6) is 0.0483. The molecule has 2 saturated heterocycles. The van der Waals surface area contributed by atoms with Crippen molar-refractivity contribution in [2.45, 2.75) is 31.7 Å². The van der Waals surface area contributed by atoms with E-state index in [4.69, 9.17) is 16.4 Å². The maximum absolute atomic E-state index is 12.2. The van der Waals surface area contributed by atoms with Crippen LogP contribution in [0.5, 0.6) is 0 Å². The lowest BCUT2D eigenvalue weighted by Gasteiger charge is -2.35. The van der Waals surface area contributed by atoms with Crippen LogP contribution in [0.15, 0.2) is 28.3 Å². The van der Waals surface area contributed by atoms with Gasteiger partial charge in [0.1, 0.15) is 30.0 Å². The second-order valence-corrected chi connectivity index (χ2v) is 8.74. The van der Waals surface area contributed by atoms with E-state index in [2.05, 4.69) is 30.1 Å². The smallest absolute Gasteiger partial charge is 0.236 e. The van der Waals surface area contributed by atoms with Crippen LogP contribution < -0.4 is 16.0 Å². The molecule has 1 aromatic rings. The summed E-state index contributed by atoms with van der Waals surface area (Å²) in [6.07, 6.45) is 5.97. The quantitative estimate of drug-likeness (QED) is 0.516. The van der Waals surface area contributed by atoms with Gasteiger partial charge in [0, 0.05) is 45.5 Å². The minimum absolute atomic E-state index is 0.0994. The maximum atomic E-state index is 12.2. The predicted octanol–water partition coefficient (Wildman–Crippen LogP) is 0.429. The molecular formula is C23H30N10O2. The van der Waals surface area contributed by atoms with Gasteiger partial charge in [-0.25, -0.2) is 9.98 Å². The highest BCUT2D eigenvalue weighted by molar-refractivity contribution is 6.16. The van der Waals surface area contributed by atoms with Crippen molar-refractivity contribution < 1.29 is 9.59 Å². The fourth-order valence-corrected chi connectivity index (χ4v) is 4.52. The summed E-state index contributed by atoms with van der Waals surface area (Å²) >= 11 is 0. The highest BCUT2D eigenvalue weighted by Crippen LogP contribution is 2.22. The molecule has 0 spiro atoms. The Bertz CT molecular complexity index is 1050. The SMILES string of the molecule is N#CCC(=O)N1CCN(c2ccc(NC3=NC(N4CCCCC4)=NC(C=N)C3C(N)=O)cn2)CC1. The van der Waals surface area contributed by atoms with Gasteiger partial charge in [-0.3, -0.25) is 9.59 Å². The second kappa shape index (κ2) is 10.9. The average molecular weight is 479 g/mol. The Kier molecular flexibility index (Phi) is 7.54. The van der Waals surface area contributed by atoms with E-state index in [-0.39, 0.29) is 12.3 Å². The highest BCUT2D eigenvalue weighted by atomic mass is 16.2. The standard InChI is InChI=1S/C23H30N10O2/c24-7-6-19(34)32-12-10-31(11-13-32)18-5-4-16(15-27-18)28-22-20(21(26)35)17(14-25)29-23(30-22)33-8-2-1-3-9-33/h4-5,14-15,17,20,25H,1-3,6,8-13H2,(H2,26,35)(H,28,29,30). The van der Waals surface area contributed by atoms with Crippen molar-refractivity contribution in [3.05, 3.63) is 18.3 Å². The molecule has 3 aliphatic heterocycles. The van der Waals surface area contributed by atoms with Crippen molar-refractivity contribution in [1.29, 1.82) is 10.7 Å². The number of piperidine rings is 1. The number of anilines is 2. The largest absolute Gasteiger partial charge is 0.369 e. The van der Waals surface area contributed by atoms with Crippen molar-refractivity contribution >= 4 is 41.3 Å². The van der Waals surface area contributed by atoms with Gasteiger partial charge in [0.2, 0.25) is 17.8 Å². The summed E-state index contributed by atoms with van der Waals surface area (Å²) in [6, 6.07) is 4.90. The molecule has 184 valence electrons. The summed E-state index contributed by atoms with van der Waals surface area (Å²) in [7, 11) is 0. The molecule has 0 aromatic carbocycles. The second-order valence-electron chi connectivity index (χ2n) is 8.74. The Labute approximate surface area is 204 Å². The van der Waals surface area contributed by atoms with E-state index >= 15 is 0 Å². The number of amides is 2. The number of pyridine rings is 1. The van der Waals surface area contributed by atoms with Crippen LogP contribution in [0.2, 0.25) is 0 Å². The van der Waals surface area contributed by atoms with Crippen molar-refractivity contribution in [3.63, 3.8) is 0 Å². The van der Waals surface area contributed by atoms with Crippen molar-refractivity contribution in [1.82, 2.24) is 14.8 Å². The molecule has 0 aliphatic carbocycles. The third-order valence-electron chi connectivity index (χ3n) is 6.44. The van der Waals surface area contributed by atoms with E-state index in [9.17, 15) is 9.59 Å². The van der Waals surface area contributed by atoms with Crippen LogP contribution in [0.25, 0.3) is 0 Å². The molecular weight excluding hydrogens is 448 g/mol. The summed E-state index contributed by atoms with van der Waals surface area (Å²) in [5.41, 5.74) is 6.30. The maximum Gasteiger partial charge on any atom is 0.236 e. The Morgan fingerprint density at radius 2 is 1.89 bits per heavy atom. The zero-order valence-electron chi connectivity index (χ0n) is 19.6. The molecule has 0 bridgehead atoms. The number of piperazine rings is 1. The molecule has 0 radical (unpaired) electrons. The minimum Gasteiger partial charge on any atom is -0.369 e. The number of hydrogen-bond donors (Lipinski definition) is 3. The molecule has 2 atom stereocenters. The fourth-order valence-electron chi connectivity index (χ4n) is 4.52. The van der Waals surface area contributed by atoms with Crippen LogP contribution >= 0.6 is 0 Å². The predicted molar refractivity (Wildman–Crippen MR) is 132 cm³/mol. The van der Waals surface area contributed by atoms with Crippen LogP contribution in [-0.2, 0) is 9.59 Å². The number of carbonyl (C=O) groups excluding carboxylic acids is 2. The number of hydrogen-bond acceptors (Lipinski definition) is 10. The molecule has 0 saturated carbocycles. The summed E-state index contributed by atoms with van der Waals surface area (Å²) < 4.78 is 0.